The van der Waals surface area contributed by atoms with Gasteiger partial charge >= 0.3 is 0 Å². The van der Waals surface area contributed by atoms with E-state index < -0.39 is 29.3 Å². The molecule has 0 aromatic heterocycles. The largest absolute Gasteiger partial charge is 0.319 e. The maximum Gasteiger partial charge on any atom is 0.292 e. The molecule has 4 nitrogen and oxygen atoms in total. The van der Waals surface area contributed by atoms with Crippen LogP contribution in [0.2, 0.25) is 10.0 Å². The van der Waals surface area contributed by atoms with Gasteiger partial charge < -0.3 is 5.32 Å². The number of nitrogens with one attached hydrogen (secondary N) is 1. The van der Waals surface area contributed by atoms with E-state index >= 15 is 0 Å². The van der Waals surface area contributed by atoms with Gasteiger partial charge in [0.2, 0.25) is 5.78 Å². The number of hydrogen-bond donors (Lipinski definition) is 1. The molecule has 1 unspecified atom stereocenters. The molecular weight excluding hydrogens is 481 g/mol. The number of carbonyl (C=O) groups is 3. The summed E-state index contributed by atoms with van der Waals surface area (Å²) in [6.45, 7) is 0. The summed E-state index contributed by atoms with van der Waals surface area (Å²) in [4.78, 5) is 40.7. The van der Waals surface area contributed by atoms with Gasteiger partial charge in [-0.3, -0.25) is 14.4 Å². The van der Waals surface area contributed by atoms with E-state index in [9.17, 15) is 14.4 Å². The summed E-state index contributed by atoms with van der Waals surface area (Å²) in [5.74, 6) is -4.15. The highest BCUT2D eigenvalue weighted by atomic mass is 35.5. The summed E-state index contributed by atoms with van der Waals surface area (Å²) >= 11 is 11.9. The molecule has 1 atom stereocenters. The highest BCUT2D eigenvalue weighted by Crippen LogP contribution is 2.35. The Hall–Kier alpha value is -3.73. The number of ketones is 2. The third-order valence-corrected chi connectivity index (χ3v) is 6.17. The molecule has 4 aromatic rings. The van der Waals surface area contributed by atoms with Gasteiger partial charge in [-0.1, -0.05) is 83.9 Å². The van der Waals surface area contributed by atoms with Crippen molar-refractivity contribution in [3.05, 3.63) is 136 Å². The second kappa shape index (κ2) is 11.1. The lowest BCUT2D eigenvalue weighted by Crippen LogP contribution is -2.38. The molecular formula is C29H21Cl2NO3. The van der Waals surface area contributed by atoms with Gasteiger partial charge in [-0.25, -0.2) is 0 Å². The number of amides is 1. The first-order valence-electron chi connectivity index (χ1n) is 10.9. The lowest BCUT2D eigenvalue weighted by atomic mass is 9.74. The molecule has 0 saturated heterocycles. The fraction of sp³-hybridized carbons (Fsp3) is 0.0690. The standard InChI is InChI=1S/C29H21Cl2NO3/c30-22-13-11-21(12-14-22)27(33)26(28(34)29(35)32-24-17-15-23(31)16-18-24)25(19-7-3-1-4-8-19)20-9-5-2-6-10-20/h1-18,25-26H,(H,32,35). The molecule has 0 bridgehead atoms. The van der Waals surface area contributed by atoms with Crippen molar-refractivity contribution in [3.63, 3.8) is 0 Å². The molecule has 0 fully saturated rings. The van der Waals surface area contributed by atoms with E-state index in [-0.39, 0.29) is 0 Å². The zero-order valence-electron chi connectivity index (χ0n) is 18.5. The molecule has 0 saturated carbocycles. The van der Waals surface area contributed by atoms with Crippen molar-refractivity contribution in [2.45, 2.75) is 5.92 Å². The van der Waals surface area contributed by atoms with E-state index in [2.05, 4.69) is 5.32 Å². The lowest BCUT2D eigenvalue weighted by Gasteiger charge is -2.26. The van der Waals surface area contributed by atoms with Crippen LogP contribution < -0.4 is 5.32 Å². The van der Waals surface area contributed by atoms with Crippen molar-refractivity contribution in [2.75, 3.05) is 5.32 Å². The summed E-state index contributed by atoms with van der Waals surface area (Å²) in [5, 5.41) is 3.57. The van der Waals surface area contributed by atoms with Gasteiger partial charge in [0, 0.05) is 27.2 Å². The summed E-state index contributed by atoms with van der Waals surface area (Å²) < 4.78 is 0. The van der Waals surface area contributed by atoms with Gasteiger partial charge in [0.05, 0.1) is 0 Å². The fourth-order valence-corrected chi connectivity index (χ4v) is 4.23. The van der Waals surface area contributed by atoms with Crippen molar-refractivity contribution >= 4 is 46.4 Å². The third-order valence-electron chi connectivity index (χ3n) is 5.67. The van der Waals surface area contributed by atoms with Crippen molar-refractivity contribution in [2.24, 2.45) is 5.92 Å². The lowest BCUT2D eigenvalue weighted by molar-refractivity contribution is -0.136. The van der Waals surface area contributed by atoms with E-state index in [4.69, 9.17) is 23.2 Å². The summed E-state index contributed by atoms with van der Waals surface area (Å²) in [7, 11) is 0. The Balaban J connectivity index is 1.79. The summed E-state index contributed by atoms with van der Waals surface area (Å²) in [5.41, 5.74) is 2.20. The van der Waals surface area contributed by atoms with E-state index in [1.54, 1.807) is 48.5 Å². The normalized spacial score (nSPS) is 11.6. The number of Topliss-reactive ketones (excluding diaryl/α,β-unsaturated/α-hetero) is 2. The second-order valence-corrected chi connectivity index (χ2v) is 8.85. The number of benzene rings is 4. The summed E-state index contributed by atoms with van der Waals surface area (Å²) in [6.07, 6.45) is 0. The zero-order chi connectivity index (χ0) is 24.8. The molecule has 0 aliphatic carbocycles. The Kier molecular flexibility index (Phi) is 7.76. The van der Waals surface area contributed by atoms with Crippen molar-refractivity contribution in [1.29, 1.82) is 0 Å². The predicted molar refractivity (Wildman–Crippen MR) is 139 cm³/mol. The number of anilines is 1. The fourth-order valence-electron chi connectivity index (χ4n) is 3.98. The number of rotatable bonds is 8. The van der Waals surface area contributed by atoms with Gasteiger partial charge in [-0.15, -0.1) is 0 Å². The van der Waals surface area contributed by atoms with Crippen LogP contribution in [0.15, 0.2) is 109 Å². The number of carbonyl (C=O) groups excluding carboxylic acids is 3. The van der Waals surface area contributed by atoms with Crippen LogP contribution in [-0.4, -0.2) is 17.5 Å². The highest BCUT2D eigenvalue weighted by Gasteiger charge is 2.40. The van der Waals surface area contributed by atoms with Crippen LogP contribution in [-0.2, 0) is 9.59 Å². The van der Waals surface area contributed by atoms with Crippen LogP contribution in [0.3, 0.4) is 0 Å². The first kappa shape index (κ1) is 24.4. The molecule has 0 heterocycles. The molecule has 1 N–H and O–H groups in total. The monoisotopic (exact) mass is 501 g/mol. The zero-order valence-corrected chi connectivity index (χ0v) is 20.0. The van der Waals surface area contributed by atoms with E-state index in [0.717, 1.165) is 11.1 Å². The minimum Gasteiger partial charge on any atom is -0.319 e. The molecule has 0 spiro atoms. The van der Waals surface area contributed by atoms with Gasteiger partial charge in [-0.05, 0) is 59.7 Å². The Morgan fingerprint density at radius 2 is 1.06 bits per heavy atom. The molecule has 0 radical (unpaired) electrons. The van der Waals surface area contributed by atoms with Crippen LogP contribution in [0, 0.1) is 5.92 Å². The average Bonchev–Trinajstić information content (AvgIpc) is 2.89. The quantitative estimate of drug-likeness (QED) is 0.163. The number of hydrogen-bond acceptors (Lipinski definition) is 3. The molecule has 1 amide bonds. The van der Waals surface area contributed by atoms with Crippen molar-refractivity contribution in [3.8, 4) is 0 Å². The van der Waals surface area contributed by atoms with Crippen molar-refractivity contribution < 1.29 is 14.4 Å². The average molecular weight is 502 g/mol. The SMILES string of the molecule is O=C(Nc1ccc(Cl)cc1)C(=O)C(C(=O)c1ccc(Cl)cc1)C(c1ccccc1)c1ccccc1. The minimum absolute atomic E-state index is 0.295. The van der Waals surface area contributed by atoms with Gasteiger partial charge in [0.15, 0.2) is 5.78 Å². The predicted octanol–water partition coefficient (Wildman–Crippen LogP) is 6.83. The first-order chi connectivity index (χ1) is 16.9. The molecule has 6 heteroatoms. The maximum atomic E-state index is 13.8. The first-order valence-corrected chi connectivity index (χ1v) is 11.7. The maximum absolute atomic E-state index is 13.8. The summed E-state index contributed by atoms with van der Waals surface area (Å²) in [6, 6.07) is 31.2. The van der Waals surface area contributed by atoms with Crippen LogP contribution in [0.25, 0.3) is 0 Å². The second-order valence-electron chi connectivity index (χ2n) is 7.97. The Bertz CT molecular complexity index is 1280. The molecule has 0 aliphatic rings. The van der Waals surface area contributed by atoms with E-state index in [0.29, 0.717) is 21.3 Å². The smallest absolute Gasteiger partial charge is 0.292 e. The van der Waals surface area contributed by atoms with Gasteiger partial charge in [0.1, 0.15) is 5.92 Å². The van der Waals surface area contributed by atoms with Crippen molar-refractivity contribution in [1.82, 2.24) is 0 Å². The van der Waals surface area contributed by atoms with Crippen LogP contribution in [0.1, 0.15) is 27.4 Å². The minimum atomic E-state index is -1.30. The molecule has 174 valence electrons. The van der Waals surface area contributed by atoms with Gasteiger partial charge in [0.25, 0.3) is 5.91 Å². The Morgan fingerprint density at radius 3 is 1.54 bits per heavy atom. The van der Waals surface area contributed by atoms with E-state index in [1.807, 2.05) is 60.7 Å². The molecule has 4 rings (SSSR count). The van der Waals surface area contributed by atoms with Crippen LogP contribution in [0.5, 0.6) is 0 Å². The Morgan fingerprint density at radius 1 is 0.600 bits per heavy atom. The molecule has 0 aliphatic heterocycles. The van der Waals surface area contributed by atoms with Crippen LogP contribution in [0.4, 0.5) is 5.69 Å². The molecule has 4 aromatic carbocycles. The molecule has 35 heavy (non-hydrogen) atoms. The number of halogens is 2. The highest BCUT2D eigenvalue weighted by molar-refractivity contribution is 6.45. The van der Waals surface area contributed by atoms with Crippen LogP contribution >= 0.6 is 23.2 Å². The third kappa shape index (κ3) is 5.86. The van der Waals surface area contributed by atoms with E-state index in [1.165, 1.54) is 0 Å². The topological polar surface area (TPSA) is 63.2 Å². The Labute approximate surface area is 213 Å². The van der Waals surface area contributed by atoms with Gasteiger partial charge in [-0.2, -0.15) is 0 Å².